The summed E-state index contributed by atoms with van der Waals surface area (Å²) in [7, 11) is 0. The number of unbranched alkanes of at least 4 members (excludes halogenated alkanes) is 1. The third-order valence-corrected chi connectivity index (χ3v) is 4.14. The Morgan fingerprint density at radius 3 is 2.47 bits per heavy atom. The van der Waals surface area contributed by atoms with Crippen LogP contribution in [0.25, 0.3) is 0 Å². The topological polar surface area (TPSA) is 43.4 Å². The third kappa shape index (κ3) is 3.30. The zero-order valence-corrected chi connectivity index (χ0v) is 11.4. The van der Waals surface area contributed by atoms with Crippen molar-refractivity contribution in [3.05, 3.63) is 0 Å². The molecule has 0 spiro atoms. The summed E-state index contributed by atoms with van der Waals surface area (Å²) in [5.74, 6) is 0.547. The molecule has 3 heteroatoms. The van der Waals surface area contributed by atoms with Gasteiger partial charge in [-0.05, 0) is 31.1 Å². The van der Waals surface area contributed by atoms with Gasteiger partial charge >= 0.3 is 5.97 Å². The second-order valence-electron chi connectivity index (χ2n) is 5.70. The van der Waals surface area contributed by atoms with Gasteiger partial charge in [-0.2, -0.15) is 0 Å². The van der Waals surface area contributed by atoms with Gasteiger partial charge in [0, 0.05) is 12.3 Å². The molecule has 0 aromatic carbocycles. The Kier molecular flexibility index (Phi) is 4.72. The number of hydrogen-bond donors (Lipinski definition) is 0. The average molecular weight is 240 g/mol. The fourth-order valence-electron chi connectivity index (χ4n) is 2.64. The van der Waals surface area contributed by atoms with Crippen molar-refractivity contribution in [3.8, 4) is 0 Å². The van der Waals surface area contributed by atoms with Crippen LogP contribution in [-0.4, -0.2) is 18.4 Å². The molecule has 2 unspecified atom stereocenters. The number of esters is 1. The fourth-order valence-corrected chi connectivity index (χ4v) is 2.64. The average Bonchev–Trinajstić information content (AvgIpc) is 2.23. The van der Waals surface area contributed by atoms with Crippen LogP contribution in [0.4, 0.5) is 0 Å². The second-order valence-corrected chi connectivity index (χ2v) is 5.70. The molecule has 0 aliphatic heterocycles. The third-order valence-electron chi connectivity index (χ3n) is 4.14. The van der Waals surface area contributed by atoms with E-state index < -0.39 is 0 Å². The van der Waals surface area contributed by atoms with Crippen molar-refractivity contribution in [3.63, 3.8) is 0 Å². The van der Waals surface area contributed by atoms with Crippen LogP contribution in [0.15, 0.2) is 0 Å². The highest BCUT2D eigenvalue weighted by Crippen LogP contribution is 2.53. The monoisotopic (exact) mass is 240 g/mol. The first-order valence-corrected chi connectivity index (χ1v) is 6.55. The zero-order valence-electron chi connectivity index (χ0n) is 11.4. The van der Waals surface area contributed by atoms with E-state index in [1.54, 1.807) is 6.92 Å². The number of carbonyl (C=O) groups excluding carboxylic acids is 2. The molecule has 0 radical (unpaired) electrons. The lowest BCUT2D eigenvalue weighted by atomic mass is 9.53. The molecular weight excluding hydrogens is 216 g/mol. The molecule has 17 heavy (non-hydrogen) atoms. The van der Waals surface area contributed by atoms with Crippen LogP contribution in [0.1, 0.15) is 53.4 Å². The largest absolute Gasteiger partial charge is 0.466 e. The molecule has 0 amide bonds. The molecule has 1 aliphatic carbocycles. The molecule has 0 bridgehead atoms. The molecule has 1 fully saturated rings. The number of hydrogen-bond acceptors (Lipinski definition) is 3. The summed E-state index contributed by atoms with van der Waals surface area (Å²) >= 11 is 0. The number of carbonyl (C=O) groups is 2. The van der Waals surface area contributed by atoms with Crippen LogP contribution in [0.3, 0.4) is 0 Å². The first-order valence-electron chi connectivity index (χ1n) is 6.55. The summed E-state index contributed by atoms with van der Waals surface area (Å²) in [6.45, 7) is 8.39. The molecule has 2 atom stereocenters. The molecular formula is C14H24O3. The van der Waals surface area contributed by atoms with Gasteiger partial charge in [0.15, 0.2) is 0 Å². The van der Waals surface area contributed by atoms with Gasteiger partial charge in [-0.25, -0.2) is 0 Å². The standard InChI is InChI=1S/C14H24O3/c1-5-6-7-17-13(16)9-11-8-12(10(2)15)14(11,3)4/h11-12H,5-9H2,1-4H3. The molecule has 1 rings (SSSR count). The van der Waals surface area contributed by atoms with Crippen LogP contribution >= 0.6 is 0 Å². The minimum Gasteiger partial charge on any atom is -0.466 e. The molecule has 1 saturated carbocycles. The first kappa shape index (κ1) is 14.2. The highest BCUT2D eigenvalue weighted by Gasteiger charge is 2.50. The Morgan fingerprint density at radius 2 is 2.00 bits per heavy atom. The van der Waals surface area contributed by atoms with Crippen molar-refractivity contribution in [2.45, 2.75) is 53.4 Å². The van der Waals surface area contributed by atoms with Gasteiger partial charge in [-0.1, -0.05) is 27.2 Å². The zero-order chi connectivity index (χ0) is 13.1. The fraction of sp³-hybridized carbons (Fsp3) is 0.857. The number of Topliss-reactive ketones (excluding diaryl/α,β-unsaturated/α-hetero) is 1. The van der Waals surface area contributed by atoms with Gasteiger partial charge in [0.1, 0.15) is 5.78 Å². The second kappa shape index (κ2) is 5.65. The molecule has 0 heterocycles. The number of ketones is 1. The van der Waals surface area contributed by atoms with Gasteiger partial charge in [-0.15, -0.1) is 0 Å². The lowest BCUT2D eigenvalue weighted by molar-refractivity contribution is -0.153. The van der Waals surface area contributed by atoms with E-state index >= 15 is 0 Å². The number of rotatable bonds is 6. The van der Waals surface area contributed by atoms with Crippen LogP contribution in [-0.2, 0) is 14.3 Å². The van der Waals surface area contributed by atoms with Crippen LogP contribution < -0.4 is 0 Å². The minimum absolute atomic E-state index is 0.0460. The maximum atomic E-state index is 11.6. The van der Waals surface area contributed by atoms with Gasteiger partial charge in [0.25, 0.3) is 0 Å². The quantitative estimate of drug-likeness (QED) is 0.529. The summed E-state index contributed by atoms with van der Waals surface area (Å²) in [6.07, 6.45) is 3.26. The number of ether oxygens (including phenoxy) is 1. The smallest absolute Gasteiger partial charge is 0.306 e. The minimum atomic E-state index is -0.112. The van der Waals surface area contributed by atoms with Crippen molar-refractivity contribution >= 4 is 11.8 Å². The molecule has 3 nitrogen and oxygen atoms in total. The highest BCUT2D eigenvalue weighted by atomic mass is 16.5. The molecule has 0 N–H and O–H groups in total. The van der Waals surface area contributed by atoms with E-state index in [4.69, 9.17) is 4.74 Å². The maximum Gasteiger partial charge on any atom is 0.306 e. The van der Waals surface area contributed by atoms with E-state index in [1.807, 2.05) is 0 Å². The van der Waals surface area contributed by atoms with Gasteiger partial charge < -0.3 is 4.74 Å². The van der Waals surface area contributed by atoms with Gasteiger partial charge in [0.2, 0.25) is 0 Å². The van der Waals surface area contributed by atoms with E-state index in [0.29, 0.717) is 18.9 Å². The molecule has 98 valence electrons. The maximum absolute atomic E-state index is 11.6. The normalized spacial score (nSPS) is 26.1. The van der Waals surface area contributed by atoms with Crippen LogP contribution in [0.2, 0.25) is 0 Å². The Bertz CT molecular complexity index is 294. The molecule has 0 aromatic rings. The first-order chi connectivity index (χ1) is 7.89. The van der Waals surface area contributed by atoms with E-state index in [-0.39, 0.29) is 23.1 Å². The Labute approximate surface area is 104 Å². The summed E-state index contributed by atoms with van der Waals surface area (Å²) < 4.78 is 5.15. The summed E-state index contributed by atoms with van der Waals surface area (Å²) in [5.41, 5.74) is -0.0460. The Morgan fingerprint density at radius 1 is 1.35 bits per heavy atom. The van der Waals surface area contributed by atoms with Crippen molar-refractivity contribution in [2.75, 3.05) is 6.61 Å². The van der Waals surface area contributed by atoms with Crippen molar-refractivity contribution in [1.29, 1.82) is 0 Å². The van der Waals surface area contributed by atoms with Crippen LogP contribution in [0.5, 0.6) is 0 Å². The summed E-state index contributed by atoms with van der Waals surface area (Å²) in [6, 6.07) is 0. The van der Waals surface area contributed by atoms with E-state index in [9.17, 15) is 9.59 Å². The van der Waals surface area contributed by atoms with Gasteiger partial charge in [0.05, 0.1) is 6.61 Å². The summed E-state index contributed by atoms with van der Waals surface area (Å²) in [4.78, 5) is 22.9. The van der Waals surface area contributed by atoms with Crippen molar-refractivity contribution in [1.82, 2.24) is 0 Å². The van der Waals surface area contributed by atoms with E-state index in [0.717, 1.165) is 19.3 Å². The predicted molar refractivity (Wildman–Crippen MR) is 66.5 cm³/mol. The molecule has 1 aliphatic rings. The van der Waals surface area contributed by atoms with Crippen LogP contribution in [0, 0.1) is 17.3 Å². The Hall–Kier alpha value is -0.860. The highest BCUT2D eigenvalue weighted by molar-refractivity contribution is 5.81. The molecule has 0 aromatic heterocycles. The SMILES string of the molecule is CCCCOC(=O)CC1CC(C(C)=O)C1(C)C. The molecule has 0 saturated heterocycles. The van der Waals surface area contributed by atoms with Crippen molar-refractivity contribution < 1.29 is 14.3 Å². The van der Waals surface area contributed by atoms with Gasteiger partial charge in [-0.3, -0.25) is 9.59 Å². The van der Waals surface area contributed by atoms with Crippen molar-refractivity contribution in [2.24, 2.45) is 17.3 Å². The summed E-state index contributed by atoms with van der Waals surface area (Å²) in [5, 5.41) is 0. The Balaban J connectivity index is 2.35. The van der Waals surface area contributed by atoms with E-state index in [2.05, 4.69) is 20.8 Å². The predicted octanol–water partition coefficient (Wildman–Crippen LogP) is 2.97. The lowest BCUT2D eigenvalue weighted by Gasteiger charge is -2.50. The lowest BCUT2D eigenvalue weighted by Crippen LogP contribution is -2.49. The van der Waals surface area contributed by atoms with E-state index in [1.165, 1.54) is 0 Å².